The van der Waals surface area contributed by atoms with E-state index in [-0.39, 0.29) is 11.7 Å². The highest BCUT2D eigenvalue weighted by molar-refractivity contribution is 5.97. The van der Waals surface area contributed by atoms with Crippen LogP contribution in [0.5, 0.6) is 0 Å². The molecule has 0 aromatic heterocycles. The summed E-state index contributed by atoms with van der Waals surface area (Å²) in [7, 11) is 0. The topological polar surface area (TPSA) is 20.3 Å². The fourth-order valence-electron chi connectivity index (χ4n) is 3.16. The van der Waals surface area contributed by atoms with Gasteiger partial charge in [-0.2, -0.15) is 0 Å². The summed E-state index contributed by atoms with van der Waals surface area (Å²) in [5.41, 5.74) is 0.843. The summed E-state index contributed by atoms with van der Waals surface area (Å²) in [6, 6.07) is 10.3. The lowest BCUT2D eigenvalue weighted by molar-refractivity contribution is 0.0875. The van der Waals surface area contributed by atoms with Crippen LogP contribution in [-0.4, -0.2) is 29.8 Å². The van der Waals surface area contributed by atoms with Crippen LogP contribution < -0.4 is 0 Å². The molecule has 0 N–H and O–H groups in total. The van der Waals surface area contributed by atoms with Gasteiger partial charge in [0.2, 0.25) is 0 Å². The van der Waals surface area contributed by atoms with Crippen molar-refractivity contribution in [3.63, 3.8) is 0 Å². The average molecular weight is 259 g/mol. The molecule has 1 aromatic carbocycles. The number of hydrogen-bond acceptors (Lipinski definition) is 2. The first kappa shape index (κ1) is 14.3. The number of rotatable bonds is 5. The molecule has 0 bridgehead atoms. The number of hydrogen-bond donors (Lipinski definition) is 0. The lowest BCUT2D eigenvalue weighted by atomic mass is 9.97. The molecule has 0 radical (unpaired) electrons. The minimum Gasteiger partial charge on any atom is -0.299 e. The Bertz CT molecular complexity index is 413. The van der Waals surface area contributed by atoms with E-state index >= 15 is 0 Å². The van der Waals surface area contributed by atoms with Crippen LogP contribution >= 0.6 is 0 Å². The van der Waals surface area contributed by atoms with Gasteiger partial charge in [0, 0.05) is 24.1 Å². The summed E-state index contributed by atoms with van der Waals surface area (Å²) >= 11 is 0. The first-order chi connectivity index (χ1) is 9.09. The standard InChI is InChI=1S/C17H25NO/c1-13(2)16-10-7-11-18(16)12-14(3)17(19)15-8-5-4-6-9-15/h4-6,8-9,13-14,16H,7,10-12H2,1-3H3. The molecule has 2 rings (SSSR count). The van der Waals surface area contributed by atoms with Crippen LogP contribution in [0.2, 0.25) is 0 Å². The molecule has 0 spiro atoms. The van der Waals surface area contributed by atoms with Gasteiger partial charge in [-0.05, 0) is 25.3 Å². The van der Waals surface area contributed by atoms with Crippen LogP contribution in [0.25, 0.3) is 0 Å². The third kappa shape index (κ3) is 3.44. The molecule has 1 aromatic rings. The third-order valence-electron chi connectivity index (χ3n) is 4.20. The minimum atomic E-state index is 0.0850. The quantitative estimate of drug-likeness (QED) is 0.753. The highest BCUT2D eigenvalue weighted by Gasteiger charge is 2.29. The van der Waals surface area contributed by atoms with E-state index in [0.29, 0.717) is 12.0 Å². The molecule has 2 atom stereocenters. The number of carbonyl (C=O) groups excluding carboxylic acids is 1. The Labute approximate surface area is 116 Å². The van der Waals surface area contributed by atoms with Crippen molar-refractivity contribution in [2.75, 3.05) is 13.1 Å². The van der Waals surface area contributed by atoms with E-state index in [2.05, 4.69) is 25.7 Å². The Kier molecular flexibility index (Phi) is 4.76. The van der Waals surface area contributed by atoms with Crippen molar-refractivity contribution in [2.45, 2.75) is 39.7 Å². The maximum Gasteiger partial charge on any atom is 0.166 e. The molecule has 2 unspecified atom stereocenters. The zero-order chi connectivity index (χ0) is 13.8. The number of likely N-dealkylation sites (tertiary alicyclic amines) is 1. The van der Waals surface area contributed by atoms with Gasteiger partial charge in [-0.25, -0.2) is 0 Å². The lowest BCUT2D eigenvalue weighted by Crippen LogP contribution is -2.38. The van der Waals surface area contributed by atoms with Gasteiger partial charge in [0.25, 0.3) is 0 Å². The Balaban J connectivity index is 1.97. The lowest BCUT2D eigenvalue weighted by Gasteiger charge is -2.29. The molecule has 104 valence electrons. The largest absolute Gasteiger partial charge is 0.299 e. The zero-order valence-corrected chi connectivity index (χ0v) is 12.3. The Morgan fingerprint density at radius 2 is 1.95 bits per heavy atom. The van der Waals surface area contributed by atoms with Crippen molar-refractivity contribution in [2.24, 2.45) is 11.8 Å². The minimum absolute atomic E-state index is 0.0850. The molecule has 1 fully saturated rings. The summed E-state index contributed by atoms with van der Waals surface area (Å²) in [6.07, 6.45) is 2.55. The SMILES string of the molecule is CC(CN1CCCC1C(C)C)C(=O)c1ccccc1. The van der Waals surface area contributed by atoms with Crippen LogP contribution in [0.1, 0.15) is 44.0 Å². The van der Waals surface area contributed by atoms with Crippen molar-refractivity contribution in [1.82, 2.24) is 4.90 Å². The van der Waals surface area contributed by atoms with E-state index in [1.807, 2.05) is 30.3 Å². The summed E-state index contributed by atoms with van der Waals surface area (Å²) in [5.74, 6) is 1.04. The number of ketones is 1. The van der Waals surface area contributed by atoms with E-state index in [0.717, 1.165) is 18.7 Å². The molecular weight excluding hydrogens is 234 g/mol. The Hall–Kier alpha value is -1.15. The van der Waals surface area contributed by atoms with Crippen LogP contribution in [0.15, 0.2) is 30.3 Å². The van der Waals surface area contributed by atoms with E-state index in [1.54, 1.807) is 0 Å². The third-order valence-corrected chi connectivity index (χ3v) is 4.20. The summed E-state index contributed by atoms with van der Waals surface area (Å²) < 4.78 is 0. The second-order valence-corrected chi connectivity index (χ2v) is 6.08. The van der Waals surface area contributed by atoms with Gasteiger partial charge in [-0.3, -0.25) is 9.69 Å². The van der Waals surface area contributed by atoms with Crippen LogP contribution in [0.4, 0.5) is 0 Å². The number of nitrogens with zero attached hydrogens (tertiary/aromatic N) is 1. The molecule has 1 aliphatic rings. The Morgan fingerprint density at radius 3 is 2.58 bits per heavy atom. The van der Waals surface area contributed by atoms with Crippen molar-refractivity contribution in [1.29, 1.82) is 0 Å². The van der Waals surface area contributed by atoms with Crippen LogP contribution in [0.3, 0.4) is 0 Å². The zero-order valence-electron chi connectivity index (χ0n) is 12.3. The van der Waals surface area contributed by atoms with E-state index in [1.165, 1.54) is 12.8 Å². The molecule has 1 saturated heterocycles. The van der Waals surface area contributed by atoms with Gasteiger partial charge in [0.1, 0.15) is 0 Å². The highest BCUT2D eigenvalue weighted by atomic mass is 16.1. The van der Waals surface area contributed by atoms with Gasteiger partial charge in [-0.1, -0.05) is 51.1 Å². The predicted molar refractivity (Wildman–Crippen MR) is 79.4 cm³/mol. The van der Waals surface area contributed by atoms with Crippen molar-refractivity contribution >= 4 is 5.78 Å². The van der Waals surface area contributed by atoms with E-state index in [9.17, 15) is 4.79 Å². The van der Waals surface area contributed by atoms with Gasteiger partial charge in [0.05, 0.1) is 0 Å². The molecule has 0 aliphatic carbocycles. The van der Waals surface area contributed by atoms with E-state index in [4.69, 9.17) is 0 Å². The monoisotopic (exact) mass is 259 g/mol. The Morgan fingerprint density at radius 1 is 1.26 bits per heavy atom. The molecule has 1 aliphatic heterocycles. The first-order valence-corrected chi connectivity index (χ1v) is 7.43. The number of benzene rings is 1. The average Bonchev–Trinajstić information content (AvgIpc) is 2.87. The molecule has 2 nitrogen and oxygen atoms in total. The molecule has 0 saturated carbocycles. The maximum atomic E-state index is 12.4. The van der Waals surface area contributed by atoms with Crippen molar-refractivity contribution < 1.29 is 4.79 Å². The fraction of sp³-hybridized carbons (Fsp3) is 0.588. The normalized spacial score (nSPS) is 21.8. The maximum absolute atomic E-state index is 12.4. The molecule has 0 amide bonds. The van der Waals surface area contributed by atoms with Crippen LogP contribution in [0, 0.1) is 11.8 Å². The number of Topliss-reactive ketones (excluding diaryl/α,β-unsaturated/α-hetero) is 1. The van der Waals surface area contributed by atoms with Crippen molar-refractivity contribution in [3.8, 4) is 0 Å². The fourth-order valence-corrected chi connectivity index (χ4v) is 3.16. The number of carbonyl (C=O) groups is 1. The van der Waals surface area contributed by atoms with Gasteiger partial charge < -0.3 is 0 Å². The highest BCUT2D eigenvalue weighted by Crippen LogP contribution is 2.25. The second kappa shape index (κ2) is 6.33. The smallest absolute Gasteiger partial charge is 0.166 e. The molecule has 1 heterocycles. The first-order valence-electron chi connectivity index (χ1n) is 7.43. The predicted octanol–water partition coefficient (Wildman–Crippen LogP) is 3.63. The summed E-state index contributed by atoms with van der Waals surface area (Å²) in [4.78, 5) is 14.9. The van der Waals surface area contributed by atoms with Gasteiger partial charge >= 0.3 is 0 Å². The van der Waals surface area contributed by atoms with E-state index < -0.39 is 0 Å². The molecule has 19 heavy (non-hydrogen) atoms. The van der Waals surface area contributed by atoms with Crippen molar-refractivity contribution in [3.05, 3.63) is 35.9 Å². The molecular formula is C17H25NO. The summed E-state index contributed by atoms with van der Waals surface area (Å²) in [6.45, 7) is 8.68. The second-order valence-electron chi connectivity index (χ2n) is 6.08. The van der Waals surface area contributed by atoms with Gasteiger partial charge in [-0.15, -0.1) is 0 Å². The van der Waals surface area contributed by atoms with Gasteiger partial charge in [0.15, 0.2) is 5.78 Å². The molecule has 2 heteroatoms. The summed E-state index contributed by atoms with van der Waals surface area (Å²) in [5, 5.41) is 0. The van der Waals surface area contributed by atoms with Crippen LogP contribution in [-0.2, 0) is 0 Å².